The lowest BCUT2D eigenvalue weighted by molar-refractivity contribution is -0.384. The van der Waals surface area contributed by atoms with Crippen LogP contribution in [0.15, 0.2) is 55.0 Å². The number of aromatic nitrogens is 2. The normalized spacial score (nSPS) is 15.1. The van der Waals surface area contributed by atoms with Crippen LogP contribution in [0.25, 0.3) is 0 Å². The second-order valence-corrected chi connectivity index (χ2v) is 15.3. The van der Waals surface area contributed by atoms with Gasteiger partial charge in [-0.25, -0.2) is 19.5 Å². The van der Waals surface area contributed by atoms with Gasteiger partial charge in [-0.05, 0) is 63.3 Å². The number of carbonyl (C=O) groups excluding carboxylic acids is 5. The second-order valence-electron chi connectivity index (χ2n) is 14.5. The Morgan fingerprint density at radius 1 is 1.02 bits per heavy atom. The number of H-pyrrole nitrogens is 1. The minimum absolute atomic E-state index is 0.00811. The number of nitrogens with two attached hydrogens (primary N) is 1. The number of hydrogen-bond acceptors (Lipinski definition) is 12. The molecule has 0 aliphatic rings. The van der Waals surface area contributed by atoms with E-state index in [-0.39, 0.29) is 40.6 Å². The predicted octanol–water partition coefficient (Wildman–Crippen LogP) is 4.36. The molecule has 17 nitrogen and oxygen atoms in total. The number of aliphatic hydroxyl groups is 1. The van der Waals surface area contributed by atoms with Crippen molar-refractivity contribution in [3.63, 3.8) is 0 Å². The van der Waals surface area contributed by atoms with Gasteiger partial charge in [-0.2, -0.15) is 0 Å². The third-order valence-electron chi connectivity index (χ3n) is 9.15. The van der Waals surface area contributed by atoms with Crippen molar-refractivity contribution in [2.24, 2.45) is 11.7 Å². The number of imide groups is 1. The first kappa shape index (κ1) is 46.3. The SMILES string of the molecule is CC[C@H](C)[C@](C(=O)OC)(c1ccc(Cl)c(Cl)c1)N(C(=O)CC(O)[C@H](Cc1ccc([N+](=O)[O-])cc1)NC(=O)[C@H](Cc1c[nH]cn1)NC(=O)[C@H](C)N)C(=O)OC(C)(C)C. The van der Waals surface area contributed by atoms with Crippen molar-refractivity contribution in [2.75, 3.05) is 7.11 Å². The smallest absolute Gasteiger partial charge is 0.418 e. The van der Waals surface area contributed by atoms with E-state index in [1.807, 2.05) is 0 Å². The first-order chi connectivity index (χ1) is 26.7. The highest BCUT2D eigenvalue weighted by atomic mass is 35.5. The minimum atomic E-state index is -2.22. The number of ether oxygens (including phenoxy) is 2. The van der Waals surface area contributed by atoms with Gasteiger partial charge in [0.25, 0.3) is 5.69 Å². The monoisotopic (exact) mass is 833 g/mol. The van der Waals surface area contributed by atoms with E-state index in [4.69, 9.17) is 38.4 Å². The molecule has 1 unspecified atom stereocenters. The Labute approximate surface area is 340 Å². The molecule has 6 atom stereocenters. The van der Waals surface area contributed by atoms with Crippen LogP contribution in [0.1, 0.15) is 71.2 Å². The number of nitrogens with zero attached hydrogens (tertiary/aromatic N) is 3. The van der Waals surface area contributed by atoms with E-state index >= 15 is 0 Å². The van der Waals surface area contributed by atoms with Crippen LogP contribution in [-0.4, -0.2) is 91.6 Å². The first-order valence-corrected chi connectivity index (χ1v) is 18.8. The molecule has 4 amide bonds. The zero-order valence-electron chi connectivity index (χ0n) is 32.7. The van der Waals surface area contributed by atoms with Crippen LogP contribution in [0.2, 0.25) is 10.0 Å². The molecule has 2 aromatic carbocycles. The van der Waals surface area contributed by atoms with E-state index in [2.05, 4.69) is 20.6 Å². The average molecular weight is 835 g/mol. The molecule has 0 aliphatic heterocycles. The number of nitrogens with one attached hydrogen (secondary N) is 3. The van der Waals surface area contributed by atoms with Crippen LogP contribution in [0.5, 0.6) is 0 Å². The minimum Gasteiger partial charge on any atom is -0.467 e. The molecule has 0 radical (unpaired) electrons. The number of hydrogen-bond donors (Lipinski definition) is 5. The van der Waals surface area contributed by atoms with Crippen molar-refractivity contribution in [1.82, 2.24) is 25.5 Å². The van der Waals surface area contributed by atoms with E-state index in [9.17, 15) is 39.2 Å². The van der Waals surface area contributed by atoms with E-state index in [1.165, 1.54) is 61.9 Å². The maximum Gasteiger partial charge on any atom is 0.418 e. The molecule has 0 fully saturated rings. The summed E-state index contributed by atoms with van der Waals surface area (Å²) < 4.78 is 11.0. The third kappa shape index (κ3) is 11.7. The number of nitro benzene ring substituents is 1. The number of amides is 4. The van der Waals surface area contributed by atoms with Crippen molar-refractivity contribution in [3.8, 4) is 0 Å². The molecule has 0 bridgehead atoms. The van der Waals surface area contributed by atoms with Crippen molar-refractivity contribution in [3.05, 3.63) is 92.0 Å². The van der Waals surface area contributed by atoms with E-state index < -0.39 is 82.4 Å². The lowest BCUT2D eigenvalue weighted by Gasteiger charge is -2.44. The Bertz CT molecular complexity index is 1900. The van der Waals surface area contributed by atoms with Gasteiger partial charge in [0.05, 0.1) is 58.7 Å². The maximum atomic E-state index is 14.7. The number of rotatable bonds is 17. The number of aromatic amines is 1. The molecule has 0 saturated heterocycles. The van der Waals surface area contributed by atoms with Gasteiger partial charge in [-0.1, -0.05) is 61.7 Å². The Balaban J connectivity index is 2.18. The Hall–Kier alpha value is -5.10. The summed E-state index contributed by atoms with van der Waals surface area (Å²) in [7, 11) is 1.09. The molecule has 3 rings (SSSR count). The van der Waals surface area contributed by atoms with Gasteiger partial charge < -0.3 is 35.9 Å². The molecular weight excluding hydrogens is 785 g/mol. The molecule has 6 N–H and O–H groups in total. The van der Waals surface area contributed by atoms with Crippen molar-refractivity contribution in [2.45, 2.75) is 103 Å². The molecule has 0 spiro atoms. The molecule has 3 aromatic rings. The lowest BCUT2D eigenvalue weighted by Crippen LogP contribution is -2.62. The summed E-state index contributed by atoms with van der Waals surface area (Å²) >= 11 is 12.7. The standard InChI is InChI=1S/C38H49Cl2N7O10/c1-8-21(2)38(35(52)56-7,24-11-14-27(39)28(40)16-24)46(36(53)57-37(4,5)6)32(49)18-31(48)29(15-23-9-12-26(13-10-23)47(54)55)44-34(51)30(45-33(50)22(3)41)17-25-19-42-20-43-25/h9-14,16,19-22,29-31,48H,8,15,17-18,41H2,1-7H3,(H,42,43)(H,44,51)(H,45,50)/t21-,22-,29-,30-,31?,38+/m0/s1. The van der Waals surface area contributed by atoms with Gasteiger partial charge in [-0.15, -0.1) is 0 Å². The summed E-state index contributed by atoms with van der Waals surface area (Å²) in [4.78, 5) is 88.1. The molecule has 57 heavy (non-hydrogen) atoms. The van der Waals surface area contributed by atoms with Gasteiger partial charge in [0.2, 0.25) is 17.7 Å². The molecule has 310 valence electrons. The molecule has 1 heterocycles. The fraction of sp³-hybridized carbons (Fsp3) is 0.474. The number of benzene rings is 2. The van der Waals surface area contributed by atoms with Crippen LogP contribution in [0.3, 0.4) is 0 Å². The fourth-order valence-electron chi connectivity index (χ4n) is 6.09. The number of aliphatic hydroxyl groups excluding tert-OH is 1. The number of imidazole rings is 1. The molecular formula is C38H49Cl2N7O10. The first-order valence-electron chi connectivity index (χ1n) is 18.0. The van der Waals surface area contributed by atoms with Crippen LogP contribution in [-0.2, 0) is 47.0 Å². The highest BCUT2D eigenvalue weighted by Crippen LogP contribution is 2.43. The summed E-state index contributed by atoms with van der Waals surface area (Å²) in [6, 6.07) is 5.84. The summed E-state index contributed by atoms with van der Waals surface area (Å²) in [6.07, 6.45) is -1.10. The van der Waals surface area contributed by atoms with Gasteiger partial charge in [-0.3, -0.25) is 24.5 Å². The van der Waals surface area contributed by atoms with Crippen molar-refractivity contribution in [1.29, 1.82) is 0 Å². The maximum absolute atomic E-state index is 14.7. The number of halogens is 2. The van der Waals surface area contributed by atoms with Crippen molar-refractivity contribution >= 4 is 58.7 Å². The zero-order valence-corrected chi connectivity index (χ0v) is 34.2. The number of methoxy groups -OCH3 is 1. The lowest BCUT2D eigenvalue weighted by atomic mass is 9.75. The third-order valence-corrected chi connectivity index (χ3v) is 9.89. The molecule has 1 aromatic heterocycles. The molecule has 0 saturated carbocycles. The summed E-state index contributed by atoms with van der Waals surface area (Å²) in [6.45, 7) is 9.45. The quantitative estimate of drug-likeness (QED) is 0.0723. The van der Waals surface area contributed by atoms with Crippen LogP contribution < -0.4 is 16.4 Å². The average Bonchev–Trinajstić information content (AvgIpc) is 3.66. The van der Waals surface area contributed by atoms with Gasteiger partial charge in [0.1, 0.15) is 11.6 Å². The number of nitro groups is 1. The van der Waals surface area contributed by atoms with Crippen molar-refractivity contribution < 1.29 is 43.5 Å². The van der Waals surface area contributed by atoms with Gasteiger partial charge >= 0.3 is 12.1 Å². The Morgan fingerprint density at radius 3 is 2.18 bits per heavy atom. The summed E-state index contributed by atoms with van der Waals surface area (Å²) in [5.74, 6) is -4.43. The van der Waals surface area contributed by atoms with E-state index in [1.54, 1.807) is 34.6 Å². The highest BCUT2D eigenvalue weighted by Gasteiger charge is 2.57. The number of carbonyl (C=O) groups is 5. The van der Waals surface area contributed by atoms with E-state index in [0.717, 1.165) is 7.11 Å². The van der Waals surface area contributed by atoms with Gasteiger partial charge in [0.15, 0.2) is 5.54 Å². The van der Waals surface area contributed by atoms with Crippen LogP contribution in [0.4, 0.5) is 10.5 Å². The fourth-order valence-corrected chi connectivity index (χ4v) is 6.39. The van der Waals surface area contributed by atoms with E-state index in [0.29, 0.717) is 16.2 Å². The molecule has 19 heteroatoms. The highest BCUT2D eigenvalue weighted by molar-refractivity contribution is 6.42. The largest absolute Gasteiger partial charge is 0.467 e. The summed E-state index contributed by atoms with van der Waals surface area (Å²) in [5.41, 5.74) is 3.03. The predicted molar refractivity (Wildman–Crippen MR) is 210 cm³/mol. The van der Waals surface area contributed by atoms with Crippen LogP contribution in [0, 0.1) is 16.0 Å². The Morgan fingerprint density at radius 2 is 1.67 bits per heavy atom. The van der Waals surface area contributed by atoms with Gasteiger partial charge in [0, 0.05) is 24.8 Å². The molecule has 0 aliphatic carbocycles. The Kier molecular flexibility index (Phi) is 16.1. The topological polar surface area (TPSA) is 249 Å². The number of esters is 1. The zero-order chi connectivity index (χ0) is 42.8. The summed E-state index contributed by atoms with van der Waals surface area (Å²) in [5, 5.41) is 28.7. The van der Waals surface area contributed by atoms with Crippen LogP contribution >= 0.6 is 23.2 Å². The second kappa shape index (κ2) is 19.9. The number of non-ortho nitro benzene ring substituents is 1.